The average molecular weight is 244 g/mol. The minimum absolute atomic E-state index is 0.254. The molecule has 88 valence electrons. The first kappa shape index (κ1) is 12.8. The van der Waals surface area contributed by atoms with E-state index < -0.39 is 27.8 Å². The van der Waals surface area contributed by atoms with Gasteiger partial charge in [0.15, 0.2) is 0 Å². The largest absolute Gasteiger partial charge is 0.465 e. The second kappa shape index (κ2) is 5.75. The Morgan fingerprint density at radius 2 is 2.00 bits per heavy atom. The second-order valence-corrected chi connectivity index (χ2v) is 4.92. The molecule has 0 bridgehead atoms. The molecule has 1 aromatic carbocycles. The highest BCUT2D eigenvalue weighted by molar-refractivity contribution is 7.86. The van der Waals surface area contributed by atoms with E-state index in [4.69, 9.17) is 4.74 Å². The van der Waals surface area contributed by atoms with Gasteiger partial charge in [0.2, 0.25) is 0 Å². The Morgan fingerprint density at radius 1 is 1.44 bits per heavy atom. The van der Waals surface area contributed by atoms with Crippen LogP contribution in [0.1, 0.15) is 13.8 Å². The lowest BCUT2D eigenvalue weighted by atomic mass is 10.3. The van der Waals surface area contributed by atoms with Gasteiger partial charge < -0.3 is 4.74 Å². The Kier molecular flexibility index (Phi) is 4.61. The van der Waals surface area contributed by atoms with E-state index in [1.54, 1.807) is 6.92 Å². The van der Waals surface area contributed by atoms with Gasteiger partial charge in [-0.2, -0.15) is 0 Å². The zero-order valence-corrected chi connectivity index (χ0v) is 9.92. The number of carbonyl (C=O) groups excluding carboxylic acids is 1. The molecule has 0 amide bonds. The minimum Gasteiger partial charge on any atom is -0.465 e. The molecule has 1 rings (SSSR count). The molecule has 16 heavy (non-hydrogen) atoms. The van der Waals surface area contributed by atoms with Crippen molar-refractivity contribution in [2.24, 2.45) is 0 Å². The van der Waals surface area contributed by atoms with Gasteiger partial charge in [-0.25, -0.2) is 4.39 Å². The maximum absolute atomic E-state index is 12.6. The lowest BCUT2D eigenvalue weighted by molar-refractivity contribution is -0.142. The third-order valence-corrected chi connectivity index (χ3v) is 3.56. The molecular formula is C11H13FO3S. The Bertz CT molecular complexity index is 389. The molecular weight excluding hydrogens is 231 g/mol. The molecule has 0 fully saturated rings. The van der Waals surface area contributed by atoms with Crippen LogP contribution in [0.3, 0.4) is 0 Å². The van der Waals surface area contributed by atoms with Gasteiger partial charge in [0.05, 0.1) is 17.4 Å². The summed E-state index contributed by atoms with van der Waals surface area (Å²) < 4.78 is 29.3. The molecule has 0 saturated carbocycles. The number of carbonyl (C=O) groups is 1. The summed E-state index contributed by atoms with van der Waals surface area (Å²) in [5, 5.41) is -0.745. The van der Waals surface area contributed by atoms with E-state index in [2.05, 4.69) is 0 Å². The van der Waals surface area contributed by atoms with Crippen molar-refractivity contribution >= 4 is 16.8 Å². The average Bonchev–Trinajstić information content (AvgIpc) is 2.28. The van der Waals surface area contributed by atoms with Crippen LogP contribution in [0.25, 0.3) is 0 Å². The quantitative estimate of drug-likeness (QED) is 0.760. The van der Waals surface area contributed by atoms with E-state index in [-0.39, 0.29) is 6.61 Å². The van der Waals surface area contributed by atoms with Crippen molar-refractivity contribution in [1.29, 1.82) is 0 Å². The van der Waals surface area contributed by atoms with Crippen LogP contribution in [0.2, 0.25) is 0 Å². The summed E-state index contributed by atoms with van der Waals surface area (Å²) in [5.41, 5.74) is 0. The van der Waals surface area contributed by atoms with Gasteiger partial charge in [-0.3, -0.25) is 9.00 Å². The van der Waals surface area contributed by atoms with E-state index in [0.29, 0.717) is 4.90 Å². The van der Waals surface area contributed by atoms with Crippen LogP contribution in [-0.2, 0) is 20.3 Å². The molecule has 0 saturated heterocycles. The lowest BCUT2D eigenvalue weighted by Crippen LogP contribution is -2.25. The van der Waals surface area contributed by atoms with Crippen LogP contribution in [0.15, 0.2) is 29.2 Å². The molecule has 0 N–H and O–H groups in total. The molecule has 1 aromatic rings. The number of hydrogen-bond donors (Lipinski definition) is 0. The zero-order valence-electron chi connectivity index (χ0n) is 9.10. The standard InChI is InChI=1S/C11H13FO3S/c1-3-15-11(13)8(2)16(14)10-6-4-9(12)5-7-10/h4-8H,3H2,1-2H3/t8-,16+/m1/s1. The Morgan fingerprint density at radius 3 is 2.50 bits per heavy atom. The van der Waals surface area contributed by atoms with E-state index >= 15 is 0 Å². The molecule has 0 heterocycles. The van der Waals surface area contributed by atoms with E-state index in [1.807, 2.05) is 0 Å². The third-order valence-electron chi connectivity index (χ3n) is 1.99. The van der Waals surface area contributed by atoms with E-state index in [0.717, 1.165) is 0 Å². The third kappa shape index (κ3) is 3.13. The lowest BCUT2D eigenvalue weighted by Gasteiger charge is -2.10. The normalized spacial score (nSPS) is 14.2. The molecule has 2 atom stereocenters. The van der Waals surface area contributed by atoms with Crippen molar-refractivity contribution in [1.82, 2.24) is 0 Å². The second-order valence-electron chi connectivity index (χ2n) is 3.15. The highest BCUT2D eigenvalue weighted by atomic mass is 32.2. The number of rotatable bonds is 4. The Labute approximate surface area is 96.1 Å². The number of esters is 1. The monoisotopic (exact) mass is 244 g/mol. The first-order valence-corrected chi connectivity index (χ1v) is 6.10. The molecule has 0 aliphatic carbocycles. The van der Waals surface area contributed by atoms with Crippen molar-refractivity contribution in [2.75, 3.05) is 6.61 Å². The van der Waals surface area contributed by atoms with Crippen LogP contribution in [0.4, 0.5) is 4.39 Å². The number of benzene rings is 1. The summed E-state index contributed by atoms with van der Waals surface area (Å²) >= 11 is 0. The Hall–Kier alpha value is -1.23. The van der Waals surface area contributed by atoms with Gasteiger partial charge in [0, 0.05) is 4.90 Å². The topological polar surface area (TPSA) is 43.4 Å². The molecule has 3 nitrogen and oxygen atoms in total. The smallest absolute Gasteiger partial charge is 0.321 e. The molecule has 0 radical (unpaired) electrons. The van der Waals surface area contributed by atoms with Crippen LogP contribution < -0.4 is 0 Å². The predicted molar refractivity (Wildman–Crippen MR) is 58.9 cm³/mol. The van der Waals surface area contributed by atoms with Gasteiger partial charge in [-0.05, 0) is 38.1 Å². The van der Waals surface area contributed by atoms with Gasteiger partial charge >= 0.3 is 5.97 Å². The maximum atomic E-state index is 12.6. The number of ether oxygens (including phenoxy) is 1. The number of halogens is 1. The summed E-state index contributed by atoms with van der Waals surface area (Å²) in [6, 6.07) is 5.23. The molecule has 0 spiro atoms. The highest BCUT2D eigenvalue weighted by Crippen LogP contribution is 2.13. The van der Waals surface area contributed by atoms with Crippen LogP contribution in [0.5, 0.6) is 0 Å². The van der Waals surface area contributed by atoms with Crippen molar-refractivity contribution in [3.05, 3.63) is 30.1 Å². The minimum atomic E-state index is -1.51. The number of hydrogen-bond acceptors (Lipinski definition) is 3. The first-order valence-electron chi connectivity index (χ1n) is 4.89. The van der Waals surface area contributed by atoms with Gasteiger partial charge in [-0.1, -0.05) is 0 Å². The van der Waals surface area contributed by atoms with Gasteiger partial charge in [0.25, 0.3) is 0 Å². The van der Waals surface area contributed by atoms with Crippen LogP contribution in [-0.4, -0.2) is 22.0 Å². The van der Waals surface area contributed by atoms with Crippen molar-refractivity contribution < 1.29 is 18.1 Å². The summed E-state index contributed by atoms with van der Waals surface area (Å²) in [6.45, 7) is 3.46. The van der Waals surface area contributed by atoms with Crippen LogP contribution in [0, 0.1) is 5.82 Å². The summed E-state index contributed by atoms with van der Waals surface area (Å²) in [5.74, 6) is -0.908. The zero-order chi connectivity index (χ0) is 12.1. The summed E-state index contributed by atoms with van der Waals surface area (Å²) in [4.78, 5) is 11.8. The van der Waals surface area contributed by atoms with Crippen molar-refractivity contribution in [3.63, 3.8) is 0 Å². The summed E-state index contributed by atoms with van der Waals surface area (Å²) in [7, 11) is -1.51. The SMILES string of the molecule is CCOC(=O)[C@@H](C)[S@](=O)c1ccc(F)cc1. The first-order chi connectivity index (χ1) is 7.56. The predicted octanol–water partition coefficient (Wildman–Crippen LogP) is 1.88. The van der Waals surface area contributed by atoms with Gasteiger partial charge in [0.1, 0.15) is 11.1 Å². The van der Waals surface area contributed by atoms with Crippen molar-refractivity contribution in [2.45, 2.75) is 24.0 Å². The molecule has 5 heteroatoms. The fourth-order valence-corrected chi connectivity index (χ4v) is 2.18. The molecule has 0 aromatic heterocycles. The van der Waals surface area contributed by atoms with E-state index in [1.165, 1.54) is 31.2 Å². The maximum Gasteiger partial charge on any atom is 0.321 e. The Balaban J connectivity index is 2.78. The molecule has 0 unspecified atom stereocenters. The molecule has 0 aliphatic heterocycles. The summed E-state index contributed by atoms with van der Waals surface area (Å²) in [6.07, 6.45) is 0. The van der Waals surface area contributed by atoms with Gasteiger partial charge in [-0.15, -0.1) is 0 Å². The highest BCUT2D eigenvalue weighted by Gasteiger charge is 2.22. The fraction of sp³-hybridized carbons (Fsp3) is 0.364. The van der Waals surface area contributed by atoms with Crippen molar-refractivity contribution in [3.8, 4) is 0 Å². The van der Waals surface area contributed by atoms with E-state index in [9.17, 15) is 13.4 Å². The van der Waals surface area contributed by atoms with Crippen LogP contribution >= 0.6 is 0 Å². The fourth-order valence-electron chi connectivity index (χ4n) is 1.12. The molecule has 0 aliphatic rings.